The van der Waals surface area contributed by atoms with Gasteiger partial charge in [0.25, 0.3) is 0 Å². The van der Waals surface area contributed by atoms with Gasteiger partial charge in [0.05, 0.1) is 11.4 Å². The lowest BCUT2D eigenvalue weighted by molar-refractivity contribution is -0.121. The van der Waals surface area contributed by atoms with Gasteiger partial charge in [0.2, 0.25) is 15.9 Å². The number of sulfonamides is 1. The quantitative estimate of drug-likeness (QED) is 0.689. The predicted molar refractivity (Wildman–Crippen MR) is 111 cm³/mol. The maximum Gasteiger partial charge on any atom is 0.243 e. The largest absolute Gasteiger partial charge is 0.371 e. The van der Waals surface area contributed by atoms with Crippen LogP contribution in [0.4, 0.5) is 5.69 Å². The van der Waals surface area contributed by atoms with Crippen LogP contribution in [0.1, 0.15) is 17.5 Å². The van der Waals surface area contributed by atoms with E-state index >= 15 is 0 Å². The Kier molecular flexibility index (Phi) is 6.36. The van der Waals surface area contributed by atoms with Crippen LogP contribution in [0.15, 0.2) is 53.4 Å². The third-order valence-electron chi connectivity index (χ3n) is 5.01. The molecule has 2 aromatic carbocycles. The van der Waals surface area contributed by atoms with Crippen LogP contribution < -0.4 is 10.2 Å². The lowest BCUT2D eigenvalue weighted by Crippen LogP contribution is -2.39. The van der Waals surface area contributed by atoms with E-state index in [0.29, 0.717) is 6.54 Å². The monoisotopic (exact) mass is 401 g/mol. The average molecular weight is 402 g/mol. The fourth-order valence-electron chi connectivity index (χ4n) is 3.37. The standard InChI is InChI=1S/C21H27N3O3S/c1-17-8-10-19(11-9-17)28(26,27)23(2)16-21(25)22-13-5-14-24-15-12-18-6-3-4-7-20(18)24/h3-4,6-11H,5,12-16H2,1-2H3,(H,22,25). The molecule has 0 bridgehead atoms. The van der Waals surface area contributed by atoms with E-state index in [-0.39, 0.29) is 17.3 Å². The number of fused-ring (bicyclic) bond motifs is 1. The Morgan fingerprint density at radius 1 is 1.14 bits per heavy atom. The summed E-state index contributed by atoms with van der Waals surface area (Å²) in [5.74, 6) is -0.292. The van der Waals surface area contributed by atoms with Gasteiger partial charge in [0.1, 0.15) is 0 Å². The number of anilines is 1. The lowest BCUT2D eigenvalue weighted by atomic mass is 10.2. The fraction of sp³-hybridized carbons (Fsp3) is 0.381. The topological polar surface area (TPSA) is 69.7 Å². The van der Waals surface area contributed by atoms with Gasteiger partial charge >= 0.3 is 0 Å². The molecular formula is C21H27N3O3S. The van der Waals surface area contributed by atoms with Gasteiger partial charge in [0.15, 0.2) is 0 Å². The highest BCUT2D eigenvalue weighted by Gasteiger charge is 2.23. The molecule has 1 aliphatic heterocycles. The number of hydrogen-bond donors (Lipinski definition) is 1. The molecule has 0 unspecified atom stereocenters. The summed E-state index contributed by atoms with van der Waals surface area (Å²) >= 11 is 0. The van der Waals surface area contributed by atoms with Gasteiger partial charge in [-0.3, -0.25) is 4.79 Å². The van der Waals surface area contributed by atoms with Crippen LogP contribution >= 0.6 is 0 Å². The number of carbonyl (C=O) groups excluding carboxylic acids is 1. The van der Waals surface area contributed by atoms with E-state index in [4.69, 9.17) is 0 Å². The van der Waals surface area contributed by atoms with Gasteiger partial charge < -0.3 is 10.2 Å². The minimum atomic E-state index is -3.66. The van der Waals surface area contributed by atoms with Crippen molar-refractivity contribution in [3.63, 3.8) is 0 Å². The average Bonchev–Trinajstić information content (AvgIpc) is 3.09. The summed E-state index contributed by atoms with van der Waals surface area (Å²) in [6.07, 6.45) is 1.87. The summed E-state index contributed by atoms with van der Waals surface area (Å²) in [6, 6.07) is 15.0. The molecule has 3 rings (SSSR count). The Morgan fingerprint density at radius 3 is 2.61 bits per heavy atom. The molecule has 0 saturated carbocycles. The molecular weight excluding hydrogens is 374 g/mol. The van der Waals surface area contributed by atoms with Crippen LogP contribution in [-0.2, 0) is 21.2 Å². The second-order valence-electron chi connectivity index (χ2n) is 7.14. The molecule has 2 aromatic rings. The van der Waals surface area contributed by atoms with E-state index in [1.807, 2.05) is 13.0 Å². The third kappa shape index (κ3) is 4.72. The Balaban J connectivity index is 1.44. The molecule has 6 nitrogen and oxygen atoms in total. The second kappa shape index (κ2) is 8.75. The Hall–Kier alpha value is -2.38. The number of para-hydroxylation sites is 1. The van der Waals surface area contributed by atoms with Crippen LogP contribution in [0.25, 0.3) is 0 Å². The molecule has 0 spiro atoms. The van der Waals surface area contributed by atoms with Crippen LogP contribution in [0.5, 0.6) is 0 Å². The number of likely N-dealkylation sites (N-methyl/N-ethyl adjacent to an activating group) is 1. The van der Waals surface area contributed by atoms with Gasteiger partial charge in [-0.05, 0) is 43.5 Å². The van der Waals surface area contributed by atoms with Crippen molar-refractivity contribution < 1.29 is 13.2 Å². The van der Waals surface area contributed by atoms with E-state index in [9.17, 15) is 13.2 Å². The summed E-state index contributed by atoms with van der Waals surface area (Å²) < 4.78 is 26.2. The van der Waals surface area contributed by atoms with Crippen molar-refractivity contribution in [1.29, 1.82) is 0 Å². The summed E-state index contributed by atoms with van der Waals surface area (Å²) in [4.78, 5) is 14.7. The van der Waals surface area contributed by atoms with Gasteiger partial charge in [-0.15, -0.1) is 0 Å². The van der Waals surface area contributed by atoms with Gasteiger partial charge in [-0.1, -0.05) is 35.9 Å². The van der Waals surface area contributed by atoms with Crippen LogP contribution in [0.2, 0.25) is 0 Å². The maximum absolute atomic E-state index is 12.5. The third-order valence-corrected chi connectivity index (χ3v) is 6.82. The Bertz CT molecular complexity index is 926. The molecule has 1 N–H and O–H groups in total. The normalized spacial score (nSPS) is 13.6. The lowest BCUT2D eigenvalue weighted by Gasteiger charge is -2.20. The summed E-state index contributed by atoms with van der Waals surface area (Å²) in [7, 11) is -2.24. The highest BCUT2D eigenvalue weighted by molar-refractivity contribution is 7.89. The van der Waals surface area contributed by atoms with Crippen molar-refractivity contribution in [2.24, 2.45) is 0 Å². The van der Waals surface area contributed by atoms with Crippen LogP contribution in [-0.4, -0.2) is 51.9 Å². The van der Waals surface area contributed by atoms with Crippen molar-refractivity contribution in [3.05, 3.63) is 59.7 Å². The molecule has 1 aliphatic rings. The summed E-state index contributed by atoms with van der Waals surface area (Å²) in [5, 5.41) is 2.82. The van der Waals surface area contributed by atoms with Crippen molar-refractivity contribution in [2.75, 3.05) is 38.1 Å². The molecule has 1 heterocycles. The van der Waals surface area contributed by atoms with Crippen molar-refractivity contribution in [1.82, 2.24) is 9.62 Å². The molecule has 0 atom stereocenters. The minimum Gasteiger partial charge on any atom is -0.371 e. The van der Waals surface area contributed by atoms with Gasteiger partial charge in [0, 0.05) is 32.4 Å². The van der Waals surface area contributed by atoms with Crippen molar-refractivity contribution >= 4 is 21.6 Å². The molecule has 150 valence electrons. The number of amides is 1. The molecule has 0 saturated heterocycles. The van der Waals surface area contributed by atoms with Crippen LogP contribution in [0.3, 0.4) is 0 Å². The summed E-state index contributed by atoms with van der Waals surface area (Å²) in [5.41, 5.74) is 3.63. The SMILES string of the molecule is Cc1ccc(S(=O)(=O)N(C)CC(=O)NCCCN2CCc3ccccc32)cc1. The Morgan fingerprint density at radius 2 is 1.86 bits per heavy atom. The van der Waals surface area contributed by atoms with E-state index in [2.05, 4.69) is 28.4 Å². The van der Waals surface area contributed by atoms with Gasteiger partial charge in [-0.2, -0.15) is 4.31 Å². The van der Waals surface area contributed by atoms with Gasteiger partial charge in [-0.25, -0.2) is 8.42 Å². The maximum atomic E-state index is 12.5. The number of nitrogens with one attached hydrogen (secondary N) is 1. The molecule has 0 fully saturated rings. The molecule has 1 amide bonds. The van der Waals surface area contributed by atoms with E-state index in [1.54, 1.807) is 24.3 Å². The first-order valence-electron chi connectivity index (χ1n) is 9.50. The number of hydrogen-bond acceptors (Lipinski definition) is 4. The van der Waals surface area contributed by atoms with E-state index in [0.717, 1.165) is 35.8 Å². The molecule has 0 aliphatic carbocycles. The zero-order chi connectivity index (χ0) is 20.1. The predicted octanol–water partition coefficient (Wildman–Crippen LogP) is 2.18. The molecule has 0 aromatic heterocycles. The number of carbonyl (C=O) groups is 1. The molecule has 7 heteroatoms. The fourth-order valence-corrected chi connectivity index (χ4v) is 4.50. The second-order valence-corrected chi connectivity index (χ2v) is 9.19. The number of benzene rings is 2. The smallest absolute Gasteiger partial charge is 0.243 e. The van der Waals surface area contributed by atoms with E-state index in [1.165, 1.54) is 18.3 Å². The minimum absolute atomic E-state index is 0.192. The zero-order valence-corrected chi connectivity index (χ0v) is 17.2. The first kappa shape index (κ1) is 20.4. The van der Waals surface area contributed by atoms with E-state index < -0.39 is 10.0 Å². The highest BCUT2D eigenvalue weighted by Crippen LogP contribution is 2.27. The Labute approximate surface area is 167 Å². The zero-order valence-electron chi connectivity index (χ0n) is 16.4. The van der Waals surface area contributed by atoms with Crippen molar-refractivity contribution in [2.45, 2.75) is 24.7 Å². The number of aryl methyl sites for hydroxylation is 1. The highest BCUT2D eigenvalue weighted by atomic mass is 32.2. The number of rotatable bonds is 8. The molecule has 28 heavy (non-hydrogen) atoms. The summed E-state index contributed by atoms with van der Waals surface area (Å²) in [6.45, 7) is 4.10. The van der Waals surface area contributed by atoms with Crippen molar-refractivity contribution in [3.8, 4) is 0 Å². The first-order chi connectivity index (χ1) is 13.4. The number of nitrogens with zero attached hydrogens (tertiary/aromatic N) is 2. The molecule has 0 radical (unpaired) electrons. The van der Waals surface area contributed by atoms with Crippen LogP contribution in [0, 0.1) is 6.92 Å². The first-order valence-corrected chi connectivity index (χ1v) is 10.9.